The van der Waals surface area contributed by atoms with Crippen LogP contribution in [0, 0.1) is 0 Å². The molecule has 0 aliphatic carbocycles. The van der Waals surface area contributed by atoms with E-state index in [0.717, 1.165) is 6.42 Å². The molecule has 0 bridgehead atoms. The Labute approximate surface area is 83.9 Å². The fourth-order valence-corrected chi connectivity index (χ4v) is 1.09. The molecule has 0 radical (unpaired) electrons. The number of nitrogens with two attached hydrogens (primary N) is 1. The first-order valence-corrected chi connectivity index (χ1v) is 4.65. The summed E-state index contributed by atoms with van der Waals surface area (Å²) in [6.07, 6.45) is 1.55. The lowest BCUT2D eigenvalue weighted by Gasteiger charge is -2.05. The van der Waals surface area contributed by atoms with Crippen molar-refractivity contribution in [3.63, 3.8) is 0 Å². The summed E-state index contributed by atoms with van der Waals surface area (Å²) in [4.78, 5) is 10.2. The average molecular weight is 193 g/mol. The summed E-state index contributed by atoms with van der Waals surface area (Å²) in [5.74, 6) is 0. The number of rotatable bonds is 6. The van der Waals surface area contributed by atoms with Gasteiger partial charge in [-0.1, -0.05) is 30.3 Å². The highest BCUT2D eigenvalue weighted by Crippen LogP contribution is 1.99. The molecule has 3 nitrogen and oxygen atoms in total. The minimum absolute atomic E-state index is 0.302. The van der Waals surface area contributed by atoms with Gasteiger partial charge in [0.1, 0.15) is 6.29 Å². The molecule has 1 aromatic rings. The molecule has 1 aromatic carbocycles. The summed E-state index contributed by atoms with van der Waals surface area (Å²) in [5.41, 5.74) is 6.59. The van der Waals surface area contributed by atoms with Gasteiger partial charge in [-0.3, -0.25) is 0 Å². The van der Waals surface area contributed by atoms with E-state index in [1.807, 2.05) is 30.3 Å². The fourth-order valence-electron chi connectivity index (χ4n) is 1.09. The van der Waals surface area contributed by atoms with Crippen LogP contribution in [0.4, 0.5) is 0 Å². The van der Waals surface area contributed by atoms with E-state index in [1.54, 1.807) is 0 Å². The Morgan fingerprint density at radius 3 is 2.71 bits per heavy atom. The second-order valence-electron chi connectivity index (χ2n) is 3.11. The summed E-state index contributed by atoms with van der Waals surface area (Å²) < 4.78 is 5.23. The van der Waals surface area contributed by atoms with Crippen LogP contribution >= 0.6 is 0 Å². The topological polar surface area (TPSA) is 52.3 Å². The lowest BCUT2D eigenvalue weighted by Crippen LogP contribution is -2.27. The fraction of sp³-hybridized carbons (Fsp3) is 0.364. The van der Waals surface area contributed by atoms with E-state index in [0.29, 0.717) is 19.5 Å². The summed E-state index contributed by atoms with van der Waals surface area (Å²) in [7, 11) is 0. The molecule has 0 saturated carbocycles. The Morgan fingerprint density at radius 2 is 2.07 bits per heavy atom. The predicted molar refractivity (Wildman–Crippen MR) is 55.0 cm³/mol. The van der Waals surface area contributed by atoms with Gasteiger partial charge < -0.3 is 15.3 Å². The van der Waals surface area contributed by atoms with E-state index in [4.69, 9.17) is 10.5 Å². The standard InChI is InChI=1S/C11H15NO2/c12-11(8-13)9-14-7-6-10-4-2-1-3-5-10/h1-5,8,11H,6-7,9,12H2/t11-/m1/s1. The quantitative estimate of drug-likeness (QED) is 0.536. The lowest BCUT2D eigenvalue weighted by atomic mass is 10.2. The first kappa shape index (κ1) is 10.9. The Bertz CT molecular complexity index is 261. The Hall–Kier alpha value is -1.19. The maximum Gasteiger partial charge on any atom is 0.139 e. The zero-order chi connectivity index (χ0) is 10.2. The van der Waals surface area contributed by atoms with Gasteiger partial charge in [0, 0.05) is 0 Å². The van der Waals surface area contributed by atoms with Gasteiger partial charge in [-0.15, -0.1) is 0 Å². The molecule has 14 heavy (non-hydrogen) atoms. The SMILES string of the molecule is N[C@H](C=O)COCCc1ccccc1. The van der Waals surface area contributed by atoms with Crippen molar-refractivity contribution < 1.29 is 9.53 Å². The number of hydrogen-bond donors (Lipinski definition) is 1. The number of benzene rings is 1. The van der Waals surface area contributed by atoms with Gasteiger partial charge in [0.05, 0.1) is 19.3 Å². The van der Waals surface area contributed by atoms with E-state index in [1.165, 1.54) is 5.56 Å². The Morgan fingerprint density at radius 1 is 1.36 bits per heavy atom. The minimum atomic E-state index is -0.495. The van der Waals surface area contributed by atoms with Crippen molar-refractivity contribution in [3.05, 3.63) is 35.9 Å². The van der Waals surface area contributed by atoms with Crippen LogP contribution in [0.15, 0.2) is 30.3 Å². The molecule has 2 N–H and O–H groups in total. The van der Waals surface area contributed by atoms with Gasteiger partial charge >= 0.3 is 0 Å². The van der Waals surface area contributed by atoms with E-state index >= 15 is 0 Å². The minimum Gasteiger partial charge on any atom is -0.379 e. The summed E-state index contributed by atoms with van der Waals surface area (Å²) in [6, 6.07) is 9.56. The largest absolute Gasteiger partial charge is 0.379 e. The van der Waals surface area contributed by atoms with Crippen molar-refractivity contribution >= 4 is 6.29 Å². The van der Waals surface area contributed by atoms with Gasteiger partial charge in [0.15, 0.2) is 0 Å². The van der Waals surface area contributed by atoms with Gasteiger partial charge in [0.25, 0.3) is 0 Å². The van der Waals surface area contributed by atoms with Crippen molar-refractivity contribution in [1.29, 1.82) is 0 Å². The van der Waals surface area contributed by atoms with Crippen LogP contribution in [-0.2, 0) is 16.0 Å². The molecule has 0 spiro atoms. The second-order valence-corrected chi connectivity index (χ2v) is 3.11. The molecule has 0 aliphatic rings. The molecule has 0 unspecified atom stereocenters. The van der Waals surface area contributed by atoms with E-state index < -0.39 is 6.04 Å². The molecule has 76 valence electrons. The van der Waals surface area contributed by atoms with E-state index in [9.17, 15) is 4.79 Å². The predicted octanol–water partition coefficient (Wildman–Crippen LogP) is 0.772. The molecule has 1 rings (SSSR count). The van der Waals surface area contributed by atoms with Crippen molar-refractivity contribution in [1.82, 2.24) is 0 Å². The summed E-state index contributed by atoms with van der Waals surface area (Å²) in [6.45, 7) is 0.905. The van der Waals surface area contributed by atoms with Crippen LogP contribution in [0.25, 0.3) is 0 Å². The van der Waals surface area contributed by atoms with Crippen molar-refractivity contribution in [3.8, 4) is 0 Å². The first-order chi connectivity index (χ1) is 6.83. The molecule has 0 fully saturated rings. The monoisotopic (exact) mass is 193 g/mol. The smallest absolute Gasteiger partial charge is 0.139 e. The number of ether oxygens (including phenoxy) is 1. The average Bonchev–Trinajstić information content (AvgIpc) is 2.25. The molecule has 0 heterocycles. The molecule has 1 atom stereocenters. The maximum absolute atomic E-state index is 10.2. The first-order valence-electron chi connectivity index (χ1n) is 4.65. The zero-order valence-corrected chi connectivity index (χ0v) is 8.06. The van der Waals surface area contributed by atoms with Crippen molar-refractivity contribution in [2.45, 2.75) is 12.5 Å². The third-order valence-corrected chi connectivity index (χ3v) is 1.86. The van der Waals surface area contributed by atoms with Crippen LogP contribution < -0.4 is 5.73 Å². The van der Waals surface area contributed by atoms with Crippen LogP contribution in [0.2, 0.25) is 0 Å². The molecule has 0 aromatic heterocycles. The van der Waals surface area contributed by atoms with E-state index in [-0.39, 0.29) is 0 Å². The number of carbonyl (C=O) groups is 1. The van der Waals surface area contributed by atoms with Crippen molar-refractivity contribution in [2.24, 2.45) is 5.73 Å². The number of carbonyl (C=O) groups excluding carboxylic acids is 1. The zero-order valence-electron chi connectivity index (χ0n) is 8.06. The van der Waals surface area contributed by atoms with Gasteiger partial charge in [0.2, 0.25) is 0 Å². The number of aldehydes is 1. The lowest BCUT2D eigenvalue weighted by molar-refractivity contribution is -0.110. The van der Waals surface area contributed by atoms with Gasteiger partial charge in [-0.05, 0) is 12.0 Å². The Kier molecular flexibility index (Phi) is 4.89. The highest BCUT2D eigenvalue weighted by Gasteiger charge is 1.98. The molecule has 0 aliphatic heterocycles. The molecule has 3 heteroatoms. The number of hydrogen-bond acceptors (Lipinski definition) is 3. The molecular weight excluding hydrogens is 178 g/mol. The summed E-state index contributed by atoms with van der Waals surface area (Å²) in [5, 5.41) is 0. The van der Waals surface area contributed by atoms with Crippen LogP contribution in [0.5, 0.6) is 0 Å². The van der Waals surface area contributed by atoms with E-state index in [2.05, 4.69) is 0 Å². The van der Waals surface area contributed by atoms with Crippen LogP contribution in [-0.4, -0.2) is 25.5 Å². The molecule has 0 amide bonds. The maximum atomic E-state index is 10.2. The third-order valence-electron chi connectivity index (χ3n) is 1.86. The van der Waals surface area contributed by atoms with Crippen LogP contribution in [0.1, 0.15) is 5.56 Å². The highest BCUT2D eigenvalue weighted by molar-refractivity contribution is 5.57. The second kappa shape index (κ2) is 6.29. The molecule has 0 saturated heterocycles. The normalized spacial score (nSPS) is 12.4. The summed E-state index contributed by atoms with van der Waals surface area (Å²) >= 11 is 0. The molecular formula is C11H15NO2. The highest BCUT2D eigenvalue weighted by atomic mass is 16.5. The third kappa shape index (κ3) is 4.16. The van der Waals surface area contributed by atoms with Gasteiger partial charge in [-0.25, -0.2) is 0 Å². The Balaban J connectivity index is 2.13. The van der Waals surface area contributed by atoms with Crippen molar-refractivity contribution in [2.75, 3.05) is 13.2 Å². The van der Waals surface area contributed by atoms with Crippen LogP contribution in [0.3, 0.4) is 0 Å². The van der Waals surface area contributed by atoms with Gasteiger partial charge in [-0.2, -0.15) is 0 Å².